The zero-order valence-electron chi connectivity index (χ0n) is 12.4. The molecule has 0 saturated carbocycles. The van der Waals surface area contributed by atoms with Crippen LogP contribution in [0.4, 0.5) is 0 Å². The topological polar surface area (TPSA) is 68.0 Å². The summed E-state index contributed by atoms with van der Waals surface area (Å²) in [6.45, 7) is 3.07. The van der Waals surface area contributed by atoms with Gasteiger partial charge in [0.1, 0.15) is 5.75 Å². The van der Waals surface area contributed by atoms with Gasteiger partial charge in [-0.2, -0.15) is 0 Å². The van der Waals surface area contributed by atoms with Crippen molar-refractivity contribution in [1.29, 1.82) is 0 Å². The van der Waals surface area contributed by atoms with Gasteiger partial charge in [0.2, 0.25) is 0 Å². The first-order valence-electron chi connectivity index (χ1n) is 6.93. The number of rotatable bonds is 10. The van der Waals surface area contributed by atoms with Crippen molar-refractivity contribution in [3.8, 4) is 5.75 Å². The van der Waals surface area contributed by atoms with Gasteiger partial charge in [0.05, 0.1) is 19.3 Å². The van der Waals surface area contributed by atoms with E-state index in [1.807, 2.05) is 31.3 Å². The Morgan fingerprint density at radius 3 is 2.60 bits per heavy atom. The average molecular weight is 282 g/mol. The number of aliphatic hydroxyl groups is 1. The first-order chi connectivity index (χ1) is 9.65. The number of ether oxygens (including phenoxy) is 2. The fraction of sp³-hybridized carbons (Fsp3) is 0.600. The Labute approximate surface area is 121 Å². The van der Waals surface area contributed by atoms with E-state index in [1.165, 1.54) is 0 Å². The van der Waals surface area contributed by atoms with E-state index in [9.17, 15) is 5.11 Å². The van der Waals surface area contributed by atoms with Crippen LogP contribution in [0.3, 0.4) is 0 Å². The Kier molecular flexibility index (Phi) is 8.22. The van der Waals surface area contributed by atoms with Gasteiger partial charge in [-0.1, -0.05) is 12.1 Å². The molecule has 0 fully saturated rings. The van der Waals surface area contributed by atoms with Gasteiger partial charge in [-0.25, -0.2) is 0 Å². The zero-order chi connectivity index (χ0) is 14.8. The Balaban J connectivity index is 2.14. The Morgan fingerprint density at radius 2 is 2.00 bits per heavy atom. The van der Waals surface area contributed by atoms with Gasteiger partial charge in [0.15, 0.2) is 0 Å². The minimum Gasteiger partial charge on any atom is -0.494 e. The molecule has 0 heterocycles. The second-order valence-corrected chi connectivity index (χ2v) is 4.92. The quantitative estimate of drug-likeness (QED) is 0.623. The molecular formula is C15H26N2O3. The first-order valence-corrected chi connectivity index (χ1v) is 6.93. The Bertz CT molecular complexity index is 357. The van der Waals surface area contributed by atoms with Crippen LogP contribution in [0.2, 0.25) is 0 Å². The monoisotopic (exact) mass is 282 g/mol. The predicted molar refractivity (Wildman–Crippen MR) is 79.8 cm³/mol. The second kappa shape index (κ2) is 9.72. The lowest BCUT2D eigenvalue weighted by Gasteiger charge is -2.20. The molecule has 1 atom stereocenters. The van der Waals surface area contributed by atoms with E-state index in [1.54, 1.807) is 7.11 Å². The highest BCUT2D eigenvalue weighted by Crippen LogP contribution is 2.11. The highest BCUT2D eigenvalue weighted by atomic mass is 16.5. The van der Waals surface area contributed by atoms with Crippen molar-refractivity contribution in [2.75, 3.05) is 40.5 Å². The summed E-state index contributed by atoms with van der Waals surface area (Å²) in [6, 6.07) is 7.83. The lowest BCUT2D eigenvalue weighted by molar-refractivity contribution is 0.0424. The van der Waals surface area contributed by atoms with Crippen molar-refractivity contribution in [3.63, 3.8) is 0 Å². The number of likely N-dealkylation sites (N-methyl/N-ethyl adjacent to an activating group) is 1. The minimum atomic E-state index is -0.435. The maximum absolute atomic E-state index is 9.60. The molecule has 0 aromatic heterocycles. The molecule has 114 valence electrons. The number of hydrogen-bond donors (Lipinski definition) is 2. The number of methoxy groups -OCH3 is 1. The van der Waals surface area contributed by atoms with E-state index in [0.29, 0.717) is 26.3 Å². The van der Waals surface area contributed by atoms with E-state index in [0.717, 1.165) is 24.3 Å². The van der Waals surface area contributed by atoms with E-state index in [-0.39, 0.29) is 0 Å². The third kappa shape index (κ3) is 6.86. The van der Waals surface area contributed by atoms with Crippen LogP contribution in [-0.2, 0) is 11.3 Å². The van der Waals surface area contributed by atoms with Crippen LogP contribution < -0.4 is 10.5 Å². The van der Waals surface area contributed by atoms with Gasteiger partial charge in [-0.3, -0.25) is 0 Å². The summed E-state index contributed by atoms with van der Waals surface area (Å²) in [5.74, 6) is 0.865. The normalized spacial score (nSPS) is 12.7. The summed E-state index contributed by atoms with van der Waals surface area (Å²) in [7, 11) is 3.57. The molecule has 0 aliphatic rings. The molecule has 0 bridgehead atoms. The standard InChI is InChI=1S/C15H26N2O3/c1-17(11-14(18)12-19-2)8-3-9-20-15-6-4-13(10-16)5-7-15/h4-7,14,18H,3,8-12,16H2,1-2H3. The van der Waals surface area contributed by atoms with Crippen LogP contribution in [-0.4, -0.2) is 56.6 Å². The van der Waals surface area contributed by atoms with Crippen molar-refractivity contribution < 1.29 is 14.6 Å². The number of nitrogens with zero attached hydrogens (tertiary/aromatic N) is 1. The lowest BCUT2D eigenvalue weighted by Crippen LogP contribution is -2.33. The lowest BCUT2D eigenvalue weighted by atomic mass is 10.2. The molecule has 0 aliphatic heterocycles. The van der Waals surface area contributed by atoms with Gasteiger partial charge in [0.25, 0.3) is 0 Å². The molecule has 0 saturated heterocycles. The summed E-state index contributed by atoms with van der Waals surface area (Å²) >= 11 is 0. The fourth-order valence-electron chi connectivity index (χ4n) is 1.94. The molecule has 0 spiro atoms. The van der Waals surface area contributed by atoms with E-state index < -0.39 is 6.10 Å². The molecule has 3 N–H and O–H groups in total. The summed E-state index contributed by atoms with van der Waals surface area (Å²) < 4.78 is 10.6. The summed E-state index contributed by atoms with van der Waals surface area (Å²) in [5.41, 5.74) is 6.64. The van der Waals surface area contributed by atoms with Gasteiger partial charge in [-0.15, -0.1) is 0 Å². The number of aliphatic hydroxyl groups excluding tert-OH is 1. The summed E-state index contributed by atoms with van der Waals surface area (Å²) in [4.78, 5) is 2.07. The molecule has 1 aromatic carbocycles. The van der Waals surface area contributed by atoms with Crippen LogP contribution in [0.25, 0.3) is 0 Å². The van der Waals surface area contributed by atoms with Crippen molar-refractivity contribution in [3.05, 3.63) is 29.8 Å². The van der Waals surface area contributed by atoms with Crippen LogP contribution in [0.15, 0.2) is 24.3 Å². The molecule has 0 aliphatic carbocycles. The summed E-state index contributed by atoms with van der Waals surface area (Å²) in [6.07, 6.45) is 0.476. The number of nitrogens with two attached hydrogens (primary N) is 1. The molecule has 1 rings (SSSR count). The maximum atomic E-state index is 9.60. The molecule has 0 amide bonds. The smallest absolute Gasteiger partial charge is 0.119 e. The van der Waals surface area contributed by atoms with Crippen LogP contribution in [0.5, 0.6) is 5.75 Å². The number of hydrogen-bond acceptors (Lipinski definition) is 5. The van der Waals surface area contributed by atoms with Crippen LogP contribution in [0.1, 0.15) is 12.0 Å². The average Bonchev–Trinajstić information content (AvgIpc) is 2.44. The molecule has 0 radical (unpaired) electrons. The highest BCUT2D eigenvalue weighted by Gasteiger charge is 2.07. The summed E-state index contributed by atoms with van der Waals surface area (Å²) in [5, 5.41) is 9.60. The van der Waals surface area contributed by atoms with Crippen molar-refractivity contribution in [2.45, 2.75) is 19.1 Å². The Morgan fingerprint density at radius 1 is 1.30 bits per heavy atom. The third-order valence-corrected chi connectivity index (χ3v) is 2.99. The molecule has 1 unspecified atom stereocenters. The Hall–Kier alpha value is -1.14. The van der Waals surface area contributed by atoms with Gasteiger partial charge in [0, 0.05) is 26.7 Å². The van der Waals surface area contributed by atoms with Crippen molar-refractivity contribution in [1.82, 2.24) is 4.90 Å². The van der Waals surface area contributed by atoms with Crippen LogP contribution in [0, 0.1) is 0 Å². The molecule has 1 aromatic rings. The largest absolute Gasteiger partial charge is 0.494 e. The SMILES string of the molecule is COCC(O)CN(C)CCCOc1ccc(CN)cc1. The molecule has 20 heavy (non-hydrogen) atoms. The zero-order valence-corrected chi connectivity index (χ0v) is 12.4. The maximum Gasteiger partial charge on any atom is 0.119 e. The highest BCUT2D eigenvalue weighted by molar-refractivity contribution is 5.26. The van der Waals surface area contributed by atoms with E-state index in [4.69, 9.17) is 15.2 Å². The van der Waals surface area contributed by atoms with Crippen molar-refractivity contribution in [2.24, 2.45) is 5.73 Å². The minimum absolute atomic E-state index is 0.369. The molecule has 5 heteroatoms. The predicted octanol–water partition coefficient (Wildman–Crippen LogP) is 0.853. The first kappa shape index (κ1) is 16.9. The van der Waals surface area contributed by atoms with Crippen LogP contribution >= 0.6 is 0 Å². The van der Waals surface area contributed by atoms with Gasteiger partial charge < -0.3 is 25.2 Å². The van der Waals surface area contributed by atoms with E-state index >= 15 is 0 Å². The second-order valence-electron chi connectivity index (χ2n) is 4.92. The molecular weight excluding hydrogens is 256 g/mol. The van der Waals surface area contributed by atoms with Crippen molar-refractivity contribution >= 4 is 0 Å². The fourth-order valence-corrected chi connectivity index (χ4v) is 1.94. The number of benzene rings is 1. The third-order valence-electron chi connectivity index (χ3n) is 2.99. The van der Waals surface area contributed by atoms with Gasteiger partial charge >= 0.3 is 0 Å². The van der Waals surface area contributed by atoms with E-state index in [2.05, 4.69) is 4.90 Å². The van der Waals surface area contributed by atoms with Gasteiger partial charge in [-0.05, 0) is 31.2 Å². The molecule has 5 nitrogen and oxygen atoms in total.